The molecule has 0 saturated carbocycles. The normalized spacial score (nSPS) is 10.1. The summed E-state index contributed by atoms with van der Waals surface area (Å²) in [6, 6.07) is 5.51. The SMILES string of the molecule is CCCNC(=O)CN(C)C(=O)c1cc(C)cc(Br)c1. The van der Waals surface area contributed by atoms with Crippen molar-refractivity contribution in [2.24, 2.45) is 0 Å². The Bertz CT molecular complexity index is 454. The van der Waals surface area contributed by atoms with E-state index in [1.165, 1.54) is 4.90 Å². The third-order valence-electron chi connectivity index (χ3n) is 2.59. The van der Waals surface area contributed by atoms with Gasteiger partial charge in [0.25, 0.3) is 5.91 Å². The molecule has 5 heteroatoms. The van der Waals surface area contributed by atoms with Gasteiger partial charge in [-0.1, -0.05) is 22.9 Å². The van der Waals surface area contributed by atoms with E-state index in [1.807, 2.05) is 26.0 Å². The first-order chi connectivity index (χ1) is 8.93. The third-order valence-corrected chi connectivity index (χ3v) is 3.05. The zero-order valence-corrected chi connectivity index (χ0v) is 13.1. The topological polar surface area (TPSA) is 49.4 Å². The van der Waals surface area contributed by atoms with Gasteiger partial charge in [-0.05, 0) is 37.1 Å². The number of nitrogens with zero attached hydrogens (tertiary/aromatic N) is 1. The van der Waals surface area contributed by atoms with E-state index in [-0.39, 0.29) is 18.4 Å². The molecule has 4 nitrogen and oxygen atoms in total. The summed E-state index contributed by atoms with van der Waals surface area (Å²) in [5.74, 6) is -0.291. The van der Waals surface area contributed by atoms with E-state index in [1.54, 1.807) is 13.1 Å². The summed E-state index contributed by atoms with van der Waals surface area (Å²) in [5.41, 5.74) is 1.58. The summed E-state index contributed by atoms with van der Waals surface area (Å²) >= 11 is 3.37. The minimum atomic E-state index is -0.156. The second-order valence-corrected chi connectivity index (χ2v) is 5.44. The van der Waals surface area contributed by atoms with Crippen LogP contribution in [0.2, 0.25) is 0 Å². The van der Waals surface area contributed by atoms with Crippen LogP contribution in [0, 0.1) is 6.92 Å². The molecule has 1 rings (SSSR count). The van der Waals surface area contributed by atoms with Crippen LogP contribution < -0.4 is 5.32 Å². The van der Waals surface area contributed by atoms with Crippen LogP contribution in [0.25, 0.3) is 0 Å². The van der Waals surface area contributed by atoms with Gasteiger partial charge in [-0.2, -0.15) is 0 Å². The van der Waals surface area contributed by atoms with E-state index in [0.29, 0.717) is 12.1 Å². The number of carbonyl (C=O) groups is 2. The zero-order chi connectivity index (χ0) is 14.4. The molecule has 104 valence electrons. The molecular formula is C14H19BrN2O2. The lowest BCUT2D eigenvalue weighted by Crippen LogP contribution is -2.38. The maximum atomic E-state index is 12.2. The van der Waals surface area contributed by atoms with E-state index in [4.69, 9.17) is 0 Å². The standard InChI is InChI=1S/C14H19BrN2O2/c1-4-5-16-13(18)9-17(3)14(19)11-6-10(2)7-12(15)8-11/h6-8H,4-5,9H2,1-3H3,(H,16,18). The summed E-state index contributed by atoms with van der Waals surface area (Å²) in [6.45, 7) is 4.62. The molecule has 2 amide bonds. The number of hydrogen-bond donors (Lipinski definition) is 1. The molecule has 0 aliphatic rings. The first kappa shape index (κ1) is 15.7. The Hall–Kier alpha value is -1.36. The van der Waals surface area contributed by atoms with Gasteiger partial charge in [0, 0.05) is 23.6 Å². The molecule has 0 aliphatic carbocycles. The van der Waals surface area contributed by atoms with Crippen molar-refractivity contribution in [2.75, 3.05) is 20.1 Å². The van der Waals surface area contributed by atoms with E-state index in [9.17, 15) is 9.59 Å². The van der Waals surface area contributed by atoms with E-state index < -0.39 is 0 Å². The van der Waals surface area contributed by atoms with Crippen LogP contribution >= 0.6 is 15.9 Å². The van der Waals surface area contributed by atoms with Gasteiger partial charge in [-0.15, -0.1) is 0 Å². The Labute approximate surface area is 122 Å². The maximum absolute atomic E-state index is 12.2. The number of amides is 2. The van der Waals surface area contributed by atoms with Gasteiger partial charge in [-0.25, -0.2) is 0 Å². The first-order valence-electron chi connectivity index (χ1n) is 6.23. The van der Waals surface area contributed by atoms with Crippen LogP contribution in [0.1, 0.15) is 29.3 Å². The molecule has 19 heavy (non-hydrogen) atoms. The molecule has 1 aromatic rings. The highest BCUT2D eigenvalue weighted by Crippen LogP contribution is 2.16. The summed E-state index contributed by atoms with van der Waals surface area (Å²) in [5, 5.41) is 2.75. The quantitative estimate of drug-likeness (QED) is 0.903. The summed E-state index contributed by atoms with van der Waals surface area (Å²) in [4.78, 5) is 25.2. The molecule has 0 fully saturated rings. The van der Waals surface area contributed by atoms with Crippen molar-refractivity contribution in [3.63, 3.8) is 0 Å². The Balaban J connectivity index is 2.68. The molecule has 0 heterocycles. The lowest BCUT2D eigenvalue weighted by Gasteiger charge is -2.17. The minimum Gasteiger partial charge on any atom is -0.355 e. The molecule has 0 spiro atoms. The minimum absolute atomic E-state index is 0.0738. The Morgan fingerprint density at radius 2 is 2.00 bits per heavy atom. The van der Waals surface area contributed by atoms with E-state index >= 15 is 0 Å². The number of aryl methyl sites for hydroxylation is 1. The van der Waals surface area contributed by atoms with Crippen LogP contribution in [0.5, 0.6) is 0 Å². The molecule has 0 saturated heterocycles. The number of nitrogens with one attached hydrogen (secondary N) is 1. The average molecular weight is 327 g/mol. The highest BCUT2D eigenvalue weighted by atomic mass is 79.9. The maximum Gasteiger partial charge on any atom is 0.254 e. The number of hydrogen-bond acceptors (Lipinski definition) is 2. The number of rotatable bonds is 5. The van der Waals surface area contributed by atoms with Gasteiger partial charge < -0.3 is 10.2 Å². The largest absolute Gasteiger partial charge is 0.355 e. The van der Waals surface area contributed by atoms with Gasteiger partial charge >= 0.3 is 0 Å². The van der Waals surface area contributed by atoms with Crippen molar-refractivity contribution in [2.45, 2.75) is 20.3 Å². The third kappa shape index (κ3) is 5.03. The summed E-state index contributed by atoms with van der Waals surface area (Å²) in [6.07, 6.45) is 0.883. The smallest absolute Gasteiger partial charge is 0.254 e. The monoisotopic (exact) mass is 326 g/mol. The van der Waals surface area contributed by atoms with Crippen molar-refractivity contribution >= 4 is 27.7 Å². The van der Waals surface area contributed by atoms with Gasteiger partial charge in [0.1, 0.15) is 0 Å². The van der Waals surface area contributed by atoms with Crippen LogP contribution in [0.4, 0.5) is 0 Å². The molecule has 0 radical (unpaired) electrons. The highest BCUT2D eigenvalue weighted by Gasteiger charge is 2.15. The molecule has 1 aromatic carbocycles. The fraction of sp³-hybridized carbons (Fsp3) is 0.429. The predicted octanol–water partition coefficient (Wildman–Crippen LogP) is 2.36. The van der Waals surface area contributed by atoms with Crippen LogP contribution in [0.15, 0.2) is 22.7 Å². The molecule has 0 aliphatic heterocycles. The van der Waals surface area contributed by atoms with E-state index in [0.717, 1.165) is 16.5 Å². The van der Waals surface area contributed by atoms with Crippen molar-refractivity contribution in [1.82, 2.24) is 10.2 Å². The van der Waals surface area contributed by atoms with Gasteiger partial charge in [0.2, 0.25) is 5.91 Å². The van der Waals surface area contributed by atoms with Gasteiger partial charge in [-0.3, -0.25) is 9.59 Å². The number of likely N-dealkylation sites (N-methyl/N-ethyl adjacent to an activating group) is 1. The lowest BCUT2D eigenvalue weighted by atomic mass is 10.1. The number of halogens is 1. The van der Waals surface area contributed by atoms with Crippen molar-refractivity contribution in [3.05, 3.63) is 33.8 Å². The Morgan fingerprint density at radius 1 is 1.32 bits per heavy atom. The Morgan fingerprint density at radius 3 is 2.58 bits per heavy atom. The second-order valence-electron chi connectivity index (χ2n) is 4.53. The molecular weight excluding hydrogens is 308 g/mol. The lowest BCUT2D eigenvalue weighted by molar-refractivity contribution is -0.121. The second kappa shape index (κ2) is 7.28. The molecule has 0 aromatic heterocycles. The molecule has 0 unspecified atom stereocenters. The fourth-order valence-electron chi connectivity index (χ4n) is 1.69. The van der Waals surface area contributed by atoms with E-state index in [2.05, 4.69) is 21.2 Å². The first-order valence-corrected chi connectivity index (χ1v) is 7.02. The van der Waals surface area contributed by atoms with Gasteiger partial charge in [0.15, 0.2) is 0 Å². The zero-order valence-electron chi connectivity index (χ0n) is 11.5. The predicted molar refractivity (Wildman–Crippen MR) is 79.1 cm³/mol. The summed E-state index contributed by atoms with van der Waals surface area (Å²) < 4.78 is 0.861. The van der Waals surface area contributed by atoms with Crippen molar-refractivity contribution in [1.29, 1.82) is 0 Å². The van der Waals surface area contributed by atoms with Crippen LogP contribution in [0.3, 0.4) is 0 Å². The molecule has 0 bridgehead atoms. The number of benzene rings is 1. The van der Waals surface area contributed by atoms with Crippen LogP contribution in [-0.4, -0.2) is 36.9 Å². The Kier molecular flexibility index (Phi) is 6.02. The van der Waals surface area contributed by atoms with Crippen molar-refractivity contribution < 1.29 is 9.59 Å². The average Bonchev–Trinajstić information content (AvgIpc) is 2.34. The summed E-state index contributed by atoms with van der Waals surface area (Å²) in [7, 11) is 1.63. The fourth-order valence-corrected chi connectivity index (χ4v) is 2.30. The highest BCUT2D eigenvalue weighted by molar-refractivity contribution is 9.10. The number of carbonyl (C=O) groups excluding carboxylic acids is 2. The van der Waals surface area contributed by atoms with Gasteiger partial charge in [0.05, 0.1) is 6.54 Å². The molecule has 1 N–H and O–H groups in total. The van der Waals surface area contributed by atoms with Crippen LogP contribution in [-0.2, 0) is 4.79 Å². The molecule has 0 atom stereocenters. The van der Waals surface area contributed by atoms with Crippen molar-refractivity contribution in [3.8, 4) is 0 Å².